The Labute approximate surface area is 529 Å². The SMILES string of the molecule is C[C@H](NC(=O)[C@H](CC(=O)O)NC(=O)CCCCn1cc(CCCC(=O)NC(=N)SC(=N)S)nn1)C(=O)NCCCC[C@H](NC(=O)[C@H](CC(=O)O)NC(=O)[C@H](CC(=O)O)NC(=O)CCCCn1cc(CCCC(=O)N/C(S)=N/N)nn1)C(=O)N[C@@H](CS)C(=O)O. The second kappa shape index (κ2) is 41.7. The molecule has 2 aromatic heterocycles. The Bertz CT molecular complexity index is 2860. The lowest BCUT2D eigenvalue weighted by molar-refractivity contribution is -0.143. The number of thiol groups is 3. The number of aliphatic carboxylic acids is 4. The minimum Gasteiger partial charge on any atom is -0.481 e. The van der Waals surface area contributed by atoms with Crippen molar-refractivity contribution in [3.63, 3.8) is 0 Å². The van der Waals surface area contributed by atoms with Crippen LogP contribution in [-0.4, -0.2) is 191 Å². The molecule has 0 bridgehead atoms. The van der Waals surface area contributed by atoms with Gasteiger partial charge in [-0.2, -0.15) is 17.7 Å². The first-order valence-corrected chi connectivity index (χ1v) is 29.9. The van der Waals surface area contributed by atoms with Crippen molar-refractivity contribution in [2.24, 2.45) is 10.9 Å². The summed E-state index contributed by atoms with van der Waals surface area (Å²) in [5.74, 6) is -9.01. The number of hydrogen-bond donors (Lipinski definition) is 19. The first kappa shape index (κ1) is 76.7. The summed E-state index contributed by atoms with van der Waals surface area (Å²) in [5, 5.41) is 93.1. The van der Waals surface area contributed by atoms with Crippen molar-refractivity contribution in [1.29, 1.82) is 10.8 Å². The van der Waals surface area contributed by atoms with Crippen molar-refractivity contribution >= 4 is 141 Å². The zero-order valence-corrected chi connectivity index (χ0v) is 51.7. The molecule has 0 fully saturated rings. The summed E-state index contributed by atoms with van der Waals surface area (Å²) in [6, 6.07) is -9.82. The van der Waals surface area contributed by atoms with E-state index >= 15 is 0 Å². The quantitative estimate of drug-likeness (QED) is 0.00793. The van der Waals surface area contributed by atoms with Gasteiger partial charge in [0, 0.05) is 63.5 Å². The summed E-state index contributed by atoms with van der Waals surface area (Å²) in [5.41, 5.74) is 1.19. The Morgan fingerprint density at radius 1 is 0.562 bits per heavy atom. The molecule has 2 heterocycles. The molecule has 2 aromatic rings. The van der Waals surface area contributed by atoms with Gasteiger partial charge in [0.1, 0.15) is 40.6 Å². The van der Waals surface area contributed by atoms with Crippen LogP contribution < -0.4 is 53.7 Å². The summed E-state index contributed by atoms with van der Waals surface area (Å²) < 4.78 is 2.91. The third kappa shape index (κ3) is 33.5. The lowest BCUT2D eigenvalue weighted by atomic mass is 10.1. The van der Waals surface area contributed by atoms with E-state index in [9.17, 15) is 82.8 Å². The van der Waals surface area contributed by atoms with Gasteiger partial charge in [-0.15, -0.1) is 35.5 Å². The minimum absolute atomic E-state index is 0.000502. The average Bonchev–Trinajstić information content (AvgIpc) is 4.06. The van der Waals surface area contributed by atoms with E-state index in [1.165, 1.54) is 16.3 Å². The van der Waals surface area contributed by atoms with E-state index in [0.29, 0.717) is 81.2 Å². The number of rotatable bonds is 42. The van der Waals surface area contributed by atoms with Crippen LogP contribution in [0.15, 0.2) is 17.5 Å². The Balaban J connectivity index is 1.95. The van der Waals surface area contributed by atoms with Crippen molar-refractivity contribution in [3.05, 3.63) is 23.8 Å². The number of hydrazone groups is 1. The Morgan fingerprint density at radius 2 is 0.989 bits per heavy atom. The molecule has 0 aliphatic rings. The normalized spacial score (nSPS) is 13.1. The molecule has 492 valence electrons. The number of hydrogen-bond acceptors (Lipinski definition) is 23. The molecule has 0 unspecified atom stereocenters. The van der Waals surface area contributed by atoms with Crippen molar-refractivity contribution in [1.82, 2.24) is 77.8 Å². The zero-order chi connectivity index (χ0) is 66.6. The van der Waals surface area contributed by atoms with E-state index < -0.39 is 132 Å². The predicted octanol–water partition coefficient (Wildman–Crippen LogP) is -2.87. The van der Waals surface area contributed by atoms with Crippen molar-refractivity contribution in [2.75, 3.05) is 12.3 Å². The fraction of sp³-hybridized carbons (Fsp3) is 0.592. The number of unbranched alkanes of at least 4 members (excludes halogenated alkanes) is 3. The van der Waals surface area contributed by atoms with Gasteiger partial charge >= 0.3 is 23.9 Å². The van der Waals surface area contributed by atoms with Crippen LogP contribution in [0.1, 0.15) is 121 Å². The molecule has 89 heavy (non-hydrogen) atoms. The number of nitrogens with two attached hydrogens (primary N) is 1. The molecule has 6 atom stereocenters. The van der Waals surface area contributed by atoms with Crippen LogP contribution in [0.25, 0.3) is 0 Å². The van der Waals surface area contributed by atoms with Crippen LogP contribution in [-0.2, 0) is 88.3 Å². The number of carboxylic acid groups (broad SMARTS) is 4. The highest BCUT2D eigenvalue weighted by atomic mass is 32.2. The van der Waals surface area contributed by atoms with Gasteiger partial charge in [0.05, 0.1) is 30.7 Å². The second-order valence-corrected chi connectivity index (χ2v) is 22.2. The Morgan fingerprint density at radius 3 is 1.44 bits per heavy atom. The number of nitrogens with zero attached hydrogens (tertiary/aromatic N) is 7. The lowest BCUT2D eigenvalue weighted by Crippen LogP contribution is -2.58. The number of carbonyl (C=O) groups is 13. The maximum absolute atomic E-state index is 13.7. The number of aromatic nitrogens is 6. The van der Waals surface area contributed by atoms with Crippen LogP contribution in [0.3, 0.4) is 0 Å². The molecule has 0 aromatic carbocycles. The van der Waals surface area contributed by atoms with Crippen LogP contribution in [0.5, 0.6) is 0 Å². The van der Waals surface area contributed by atoms with E-state index in [4.69, 9.17) is 16.7 Å². The van der Waals surface area contributed by atoms with Crippen molar-refractivity contribution in [3.8, 4) is 0 Å². The van der Waals surface area contributed by atoms with E-state index in [1.807, 2.05) is 0 Å². The van der Waals surface area contributed by atoms with E-state index in [1.54, 1.807) is 12.4 Å². The minimum atomic E-state index is -1.98. The molecule has 0 saturated heterocycles. The van der Waals surface area contributed by atoms with Gasteiger partial charge in [-0.05, 0) is 89.3 Å². The van der Waals surface area contributed by atoms with E-state index in [-0.39, 0.29) is 78.5 Å². The highest BCUT2D eigenvalue weighted by Crippen LogP contribution is 2.11. The molecular weight excluding hydrogens is 1250 g/mol. The van der Waals surface area contributed by atoms with Gasteiger partial charge < -0.3 is 74.1 Å². The summed E-state index contributed by atoms with van der Waals surface area (Å²) >= 11 is 12.2. The van der Waals surface area contributed by atoms with Crippen molar-refractivity contribution in [2.45, 2.75) is 172 Å². The summed E-state index contributed by atoms with van der Waals surface area (Å²) in [4.78, 5) is 164. The highest BCUT2D eigenvalue weighted by Gasteiger charge is 2.33. The van der Waals surface area contributed by atoms with Gasteiger partial charge in [0.2, 0.25) is 53.2 Å². The Kier molecular flexibility index (Phi) is 35.9. The number of carbonyl (C=O) groups excluding carboxylic acids is 9. The fourth-order valence-electron chi connectivity index (χ4n) is 7.81. The van der Waals surface area contributed by atoms with Gasteiger partial charge in [-0.3, -0.25) is 77.7 Å². The standard InChI is InChI=1S/C49H75N19O17S4/c1-26(54-43(81)30(20-38(73)74)55-34(69)13-3-6-18-67-23-27(63-65-67)10-8-15-36(71)60-47(50)89-48(51)87)41(79)53-17-5-2-12-29(42(80)59-33(25-86)46(84)85)57-45(83)32(22-40(77)78)58-44(82)31(21-39(75)76)56-35(70)14-4-7-19-68-24-28(64-66-68)11-9-16-37(72)61-49(88)62-52/h23-24,26,29-33,86H,2-22,25,52H2,1H3,(H2,51,87)(H,53,79)(H,54,81)(H,55,69)(H,56,70)(H,57,83)(H,58,82)(H,59,80)(H,73,74)(H,75,76)(H,77,78)(H,84,85)(H2,50,60,71)(H2,61,62,72,88)/t26-,29-,30-,31-,32-,33-/m0/s1. The van der Waals surface area contributed by atoms with Gasteiger partial charge in [-0.1, -0.05) is 10.4 Å². The molecule has 0 radical (unpaired) electrons. The lowest BCUT2D eigenvalue weighted by Gasteiger charge is -2.25. The molecule has 0 aliphatic heterocycles. The smallest absolute Gasteiger partial charge is 0.327 e. The van der Waals surface area contributed by atoms with E-state index in [0.717, 1.165) is 0 Å². The van der Waals surface area contributed by atoms with Gasteiger partial charge in [-0.25, -0.2) is 4.79 Å². The van der Waals surface area contributed by atoms with Gasteiger partial charge in [0.15, 0.2) is 10.3 Å². The molecule has 0 saturated carbocycles. The van der Waals surface area contributed by atoms with Crippen LogP contribution >= 0.6 is 49.6 Å². The van der Waals surface area contributed by atoms with Gasteiger partial charge in [0.25, 0.3) is 0 Å². The number of nitrogens with one attached hydrogen (secondary N) is 11. The fourth-order valence-corrected chi connectivity index (χ4v) is 8.81. The van der Waals surface area contributed by atoms with Crippen LogP contribution in [0.2, 0.25) is 0 Å². The van der Waals surface area contributed by atoms with E-state index in [2.05, 4.69) is 111 Å². The molecule has 36 nitrogen and oxygen atoms in total. The third-order valence-electron chi connectivity index (χ3n) is 12.2. The van der Waals surface area contributed by atoms with Crippen LogP contribution in [0, 0.1) is 10.8 Å². The average molecular weight is 1330 g/mol. The topological polar surface area (TPSA) is 559 Å². The molecule has 0 aliphatic carbocycles. The summed E-state index contributed by atoms with van der Waals surface area (Å²) in [7, 11) is 0. The molecule has 40 heteroatoms. The first-order chi connectivity index (χ1) is 42.1. The highest BCUT2D eigenvalue weighted by molar-refractivity contribution is 8.40. The number of amidine groups is 2. The Hall–Kier alpha value is -8.40. The predicted molar refractivity (Wildman–Crippen MR) is 325 cm³/mol. The molecule has 17 N–H and O–H groups in total. The maximum Gasteiger partial charge on any atom is 0.327 e. The molecule has 2 rings (SSSR count). The monoisotopic (exact) mass is 1330 g/mol. The first-order valence-electron chi connectivity index (χ1n) is 27.5. The van der Waals surface area contributed by atoms with Crippen LogP contribution in [0.4, 0.5) is 0 Å². The number of aryl methyl sites for hydroxylation is 4. The van der Waals surface area contributed by atoms with Crippen molar-refractivity contribution < 1.29 is 82.8 Å². The number of thioether (sulfide) groups is 1. The second-order valence-electron chi connectivity index (χ2n) is 19.6. The number of carboxylic acids is 4. The number of amides is 9. The zero-order valence-electron chi connectivity index (χ0n) is 48.2. The molecular formula is C49H75N19O17S4. The summed E-state index contributed by atoms with van der Waals surface area (Å²) in [6.45, 7) is 1.82. The summed E-state index contributed by atoms with van der Waals surface area (Å²) in [6.07, 6.45) is 3.09. The molecule has 0 spiro atoms. The molecule has 9 amide bonds. The third-order valence-corrected chi connectivity index (χ3v) is 13.6. The maximum atomic E-state index is 13.7. The largest absolute Gasteiger partial charge is 0.481 e.